The van der Waals surface area contributed by atoms with Crippen molar-refractivity contribution in [1.82, 2.24) is 4.90 Å². The zero-order valence-corrected chi connectivity index (χ0v) is 11.7. The van der Waals surface area contributed by atoms with E-state index in [9.17, 15) is 9.59 Å². The summed E-state index contributed by atoms with van der Waals surface area (Å²) in [6, 6.07) is 10.1. The number of nitrogens with zero attached hydrogens (tertiary/aromatic N) is 2. The van der Waals surface area contributed by atoms with Gasteiger partial charge in [-0.1, -0.05) is 25.1 Å². The number of carbonyl (C=O) groups excluding carboxylic acids is 1. The van der Waals surface area contributed by atoms with E-state index in [1.807, 2.05) is 18.2 Å². The van der Waals surface area contributed by atoms with Crippen LogP contribution in [0.1, 0.15) is 13.3 Å². The molecule has 1 aliphatic heterocycles. The highest BCUT2D eigenvalue weighted by atomic mass is 16.4. The molecule has 108 valence electrons. The number of amides is 1. The third kappa shape index (κ3) is 3.50. The molecule has 0 spiro atoms. The Hall–Kier alpha value is -2.04. The molecule has 0 aromatic heterocycles. The third-order valence-electron chi connectivity index (χ3n) is 3.66. The SMILES string of the molecule is CC(CC(=O)N1CCN(c2ccccc2)CC1)C(=O)O. The number of para-hydroxylation sites is 1. The first-order chi connectivity index (χ1) is 9.58. The summed E-state index contributed by atoms with van der Waals surface area (Å²) in [5, 5.41) is 8.84. The van der Waals surface area contributed by atoms with Crippen LogP contribution in [0.25, 0.3) is 0 Å². The Morgan fingerprint density at radius 2 is 1.75 bits per heavy atom. The molecule has 1 saturated heterocycles. The van der Waals surface area contributed by atoms with E-state index < -0.39 is 11.9 Å². The number of carboxylic acids is 1. The van der Waals surface area contributed by atoms with Crippen LogP contribution < -0.4 is 4.90 Å². The van der Waals surface area contributed by atoms with Crippen LogP contribution in [0.3, 0.4) is 0 Å². The van der Waals surface area contributed by atoms with E-state index in [-0.39, 0.29) is 12.3 Å². The Morgan fingerprint density at radius 1 is 1.15 bits per heavy atom. The Morgan fingerprint density at radius 3 is 2.30 bits per heavy atom. The normalized spacial score (nSPS) is 16.9. The minimum atomic E-state index is -0.915. The minimum Gasteiger partial charge on any atom is -0.481 e. The number of hydrogen-bond acceptors (Lipinski definition) is 3. The minimum absolute atomic E-state index is 0.0624. The van der Waals surface area contributed by atoms with Crippen molar-refractivity contribution >= 4 is 17.6 Å². The van der Waals surface area contributed by atoms with Gasteiger partial charge < -0.3 is 14.9 Å². The number of carboxylic acid groups (broad SMARTS) is 1. The zero-order chi connectivity index (χ0) is 14.5. The number of anilines is 1. The van der Waals surface area contributed by atoms with Crippen LogP contribution >= 0.6 is 0 Å². The first-order valence-corrected chi connectivity index (χ1v) is 6.88. The molecule has 0 radical (unpaired) electrons. The van der Waals surface area contributed by atoms with Crippen molar-refractivity contribution in [3.63, 3.8) is 0 Å². The molecule has 1 aliphatic rings. The van der Waals surface area contributed by atoms with Crippen LogP contribution in [-0.2, 0) is 9.59 Å². The summed E-state index contributed by atoms with van der Waals surface area (Å²) in [5.74, 6) is -1.59. The summed E-state index contributed by atoms with van der Waals surface area (Å²) in [7, 11) is 0. The molecule has 1 N–H and O–H groups in total. The fraction of sp³-hybridized carbons (Fsp3) is 0.467. The maximum Gasteiger partial charge on any atom is 0.306 e. The summed E-state index contributed by atoms with van der Waals surface area (Å²) < 4.78 is 0. The van der Waals surface area contributed by atoms with Gasteiger partial charge in [-0.2, -0.15) is 0 Å². The number of benzene rings is 1. The molecule has 20 heavy (non-hydrogen) atoms. The fourth-order valence-corrected chi connectivity index (χ4v) is 2.33. The summed E-state index contributed by atoms with van der Waals surface area (Å²) in [6.45, 7) is 4.45. The van der Waals surface area contributed by atoms with Crippen LogP contribution in [0.5, 0.6) is 0 Å². The van der Waals surface area contributed by atoms with Gasteiger partial charge in [-0.3, -0.25) is 9.59 Å². The van der Waals surface area contributed by atoms with Crippen LogP contribution in [0.15, 0.2) is 30.3 Å². The van der Waals surface area contributed by atoms with Crippen molar-refractivity contribution in [2.75, 3.05) is 31.1 Å². The maximum atomic E-state index is 12.0. The van der Waals surface area contributed by atoms with E-state index in [1.54, 1.807) is 11.8 Å². The van der Waals surface area contributed by atoms with Gasteiger partial charge in [-0.05, 0) is 12.1 Å². The third-order valence-corrected chi connectivity index (χ3v) is 3.66. The van der Waals surface area contributed by atoms with Crippen molar-refractivity contribution in [3.8, 4) is 0 Å². The molecule has 1 heterocycles. The van der Waals surface area contributed by atoms with E-state index in [0.29, 0.717) is 13.1 Å². The van der Waals surface area contributed by atoms with Gasteiger partial charge in [0.2, 0.25) is 5.91 Å². The quantitative estimate of drug-likeness (QED) is 0.904. The molecule has 2 rings (SSSR count). The van der Waals surface area contributed by atoms with Crippen molar-refractivity contribution < 1.29 is 14.7 Å². The van der Waals surface area contributed by atoms with Gasteiger partial charge in [0.15, 0.2) is 0 Å². The molecule has 0 aliphatic carbocycles. The van der Waals surface area contributed by atoms with Crippen LogP contribution in [-0.4, -0.2) is 48.1 Å². The van der Waals surface area contributed by atoms with E-state index in [1.165, 1.54) is 5.69 Å². The predicted octanol–water partition coefficient (Wildman–Crippen LogP) is 1.45. The van der Waals surface area contributed by atoms with Crippen molar-refractivity contribution in [2.45, 2.75) is 13.3 Å². The molecule has 1 aromatic carbocycles. The molecule has 1 aromatic rings. The Labute approximate surface area is 118 Å². The summed E-state index contributed by atoms with van der Waals surface area (Å²) in [4.78, 5) is 26.8. The van der Waals surface area contributed by atoms with Gasteiger partial charge in [-0.25, -0.2) is 0 Å². The van der Waals surface area contributed by atoms with Gasteiger partial charge >= 0.3 is 5.97 Å². The van der Waals surface area contributed by atoms with Crippen LogP contribution in [0.2, 0.25) is 0 Å². The molecule has 5 heteroatoms. The highest BCUT2D eigenvalue weighted by Gasteiger charge is 2.24. The lowest BCUT2D eigenvalue weighted by molar-refractivity contribution is -0.145. The number of rotatable bonds is 4. The van der Waals surface area contributed by atoms with Crippen molar-refractivity contribution in [1.29, 1.82) is 0 Å². The van der Waals surface area contributed by atoms with E-state index >= 15 is 0 Å². The second-order valence-corrected chi connectivity index (χ2v) is 5.15. The first kappa shape index (κ1) is 14.4. The Kier molecular flexibility index (Phi) is 4.61. The van der Waals surface area contributed by atoms with Crippen molar-refractivity contribution in [3.05, 3.63) is 30.3 Å². The second-order valence-electron chi connectivity index (χ2n) is 5.15. The molecule has 1 unspecified atom stereocenters. The smallest absolute Gasteiger partial charge is 0.306 e. The lowest BCUT2D eigenvalue weighted by Gasteiger charge is -2.36. The fourth-order valence-electron chi connectivity index (χ4n) is 2.33. The van der Waals surface area contributed by atoms with Gasteiger partial charge in [0.25, 0.3) is 0 Å². The lowest BCUT2D eigenvalue weighted by Crippen LogP contribution is -2.49. The second kappa shape index (κ2) is 6.41. The van der Waals surface area contributed by atoms with Gasteiger partial charge in [0, 0.05) is 38.3 Å². The molecule has 1 fully saturated rings. The molecule has 0 bridgehead atoms. The number of carbonyl (C=O) groups is 2. The average Bonchev–Trinajstić information content (AvgIpc) is 2.48. The molecule has 1 atom stereocenters. The Balaban J connectivity index is 1.85. The monoisotopic (exact) mass is 276 g/mol. The number of aliphatic carboxylic acids is 1. The number of piperazine rings is 1. The van der Waals surface area contributed by atoms with Crippen LogP contribution in [0.4, 0.5) is 5.69 Å². The van der Waals surface area contributed by atoms with Gasteiger partial charge in [0.1, 0.15) is 0 Å². The number of hydrogen-bond donors (Lipinski definition) is 1. The van der Waals surface area contributed by atoms with E-state index in [2.05, 4.69) is 17.0 Å². The lowest BCUT2D eigenvalue weighted by atomic mass is 10.1. The topological polar surface area (TPSA) is 60.9 Å². The van der Waals surface area contributed by atoms with Gasteiger partial charge in [0.05, 0.1) is 5.92 Å². The standard InChI is InChI=1S/C15H20N2O3/c1-12(15(19)20)11-14(18)17-9-7-16(8-10-17)13-5-3-2-4-6-13/h2-6,12H,7-11H2,1H3,(H,19,20). The molecule has 1 amide bonds. The summed E-state index contributed by atoms with van der Waals surface area (Å²) >= 11 is 0. The molecule has 0 saturated carbocycles. The average molecular weight is 276 g/mol. The molecular weight excluding hydrogens is 256 g/mol. The molecule has 5 nitrogen and oxygen atoms in total. The Bertz CT molecular complexity index is 467. The molecular formula is C15H20N2O3. The van der Waals surface area contributed by atoms with Crippen molar-refractivity contribution in [2.24, 2.45) is 5.92 Å². The summed E-state index contributed by atoms with van der Waals surface area (Å²) in [5.41, 5.74) is 1.17. The largest absolute Gasteiger partial charge is 0.481 e. The highest BCUT2D eigenvalue weighted by Crippen LogP contribution is 2.16. The highest BCUT2D eigenvalue weighted by molar-refractivity contribution is 5.82. The van der Waals surface area contributed by atoms with Gasteiger partial charge in [-0.15, -0.1) is 0 Å². The van der Waals surface area contributed by atoms with Crippen LogP contribution in [0, 0.1) is 5.92 Å². The van der Waals surface area contributed by atoms with E-state index in [0.717, 1.165) is 13.1 Å². The van der Waals surface area contributed by atoms with E-state index in [4.69, 9.17) is 5.11 Å². The summed E-state index contributed by atoms with van der Waals surface area (Å²) in [6.07, 6.45) is 0.0840. The zero-order valence-electron chi connectivity index (χ0n) is 11.7. The first-order valence-electron chi connectivity index (χ1n) is 6.88. The predicted molar refractivity (Wildman–Crippen MR) is 76.7 cm³/mol. The maximum absolute atomic E-state index is 12.0.